The first-order chi connectivity index (χ1) is 8.08. The monoisotopic (exact) mass is 240 g/mol. The fourth-order valence-corrected chi connectivity index (χ4v) is 1.38. The zero-order valence-corrected chi connectivity index (χ0v) is 10.5. The van der Waals surface area contributed by atoms with E-state index in [1.165, 1.54) is 0 Å². The highest BCUT2D eigenvalue weighted by atomic mass is 16.5. The summed E-state index contributed by atoms with van der Waals surface area (Å²) >= 11 is 0. The van der Waals surface area contributed by atoms with E-state index >= 15 is 0 Å². The van der Waals surface area contributed by atoms with Crippen molar-refractivity contribution in [3.8, 4) is 0 Å². The molecule has 0 amide bonds. The van der Waals surface area contributed by atoms with Crippen LogP contribution in [-0.2, 0) is 11.2 Å². The van der Waals surface area contributed by atoms with Crippen LogP contribution in [0.5, 0.6) is 0 Å². The number of anilines is 2. The predicted molar refractivity (Wildman–Crippen MR) is 66.9 cm³/mol. The van der Waals surface area contributed by atoms with Crippen LogP contribution in [0, 0.1) is 6.92 Å². The smallest absolute Gasteiger partial charge is 0.134 e. The summed E-state index contributed by atoms with van der Waals surface area (Å²) in [7, 11) is 1.55. The van der Waals surface area contributed by atoms with Gasteiger partial charge in [0.25, 0.3) is 0 Å². The van der Waals surface area contributed by atoms with Gasteiger partial charge in [0.1, 0.15) is 17.5 Å². The van der Waals surface area contributed by atoms with Crippen molar-refractivity contribution < 1.29 is 9.84 Å². The van der Waals surface area contributed by atoms with Crippen molar-refractivity contribution in [3.05, 3.63) is 11.4 Å². The molecule has 0 aliphatic heterocycles. The third-order valence-corrected chi connectivity index (χ3v) is 2.41. The zero-order valence-electron chi connectivity index (χ0n) is 10.5. The maximum Gasteiger partial charge on any atom is 0.134 e. The molecule has 4 N–H and O–H groups in total. The fourth-order valence-electron chi connectivity index (χ4n) is 1.38. The summed E-state index contributed by atoms with van der Waals surface area (Å²) in [4.78, 5) is 8.48. The second-order valence-electron chi connectivity index (χ2n) is 3.84. The average Bonchev–Trinajstić information content (AvgIpc) is 2.31. The Labute approximate surface area is 101 Å². The number of aromatic nitrogens is 2. The van der Waals surface area contributed by atoms with Crippen LogP contribution >= 0.6 is 0 Å². The van der Waals surface area contributed by atoms with Gasteiger partial charge in [-0.1, -0.05) is 6.92 Å². The minimum absolute atomic E-state index is 0.285. The van der Waals surface area contributed by atoms with Gasteiger partial charge in [-0.25, -0.2) is 9.97 Å². The number of methoxy groups -OCH3 is 1. The number of hydrogen-bond acceptors (Lipinski definition) is 6. The van der Waals surface area contributed by atoms with E-state index in [0.29, 0.717) is 24.0 Å². The van der Waals surface area contributed by atoms with Crippen molar-refractivity contribution in [1.82, 2.24) is 9.97 Å². The van der Waals surface area contributed by atoms with Gasteiger partial charge < -0.3 is 20.9 Å². The lowest BCUT2D eigenvalue weighted by Crippen LogP contribution is -2.25. The molecule has 0 saturated heterocycles. The molecule has 6 nitrogen and oxygen atoms in total. The van der Waals surface area contributed by atoms with Gasteiger partial charge in [-0.05, 0) is 6.92 Å². The first-order valence-corrected chi connectivity index (χ1v) is 5.62. The molecule has 1 heterocycles. The van der Waals surface area contributed by atoms with Gasteiger partial charge in [0.05, 0.1) is 12.7 Å². The van der Waals surface area contributed by atoms with E-state index in [2.05, 4.69) is 15.3 Å². The molecule has 1 atom stereocenters. The molecular weight excluding hydrogens is 220 g/mol. The number of aryl methyl sites for hydroxylation is 1. The van der Waals surface area contributed by atoms with Crippen LogP contribution in [0.25, 0.3) is 0 Å². The highest BCUT2D eigenvalue weighted by Crippen LogP contribution is 2.17. The Morgan fingerprint density at radius 2 is 2.18 bits per heavy atom. The van der Waals surface area contributed by atoms with Gasteiger partial charge in [-0.2, -0.15) is 0 Å². The summed E-state index contributed by atoms with van der Waals surface area (Å²) in [6.45, 7) is 4.47. The lowest BCUT2D eigenvalue weighted by Gasteiger charge is -2.14. The van der Waals surface area contributed by atoms with E-state index in [1.807, 2.05) is 13.8 Å². The van der Waals surface area contributed by atoms with Gasteiger partial charge in [-0.3, -0.25) is 0 Å². The Morgan fingerprint density at radius 1 is 1.47 bits per heavy atom. The number of hydrogen-bond donors (Lipinski definition) is 3. The fraction of sp³-hybridized carbons (Fsp3) is 0.636. The summed E-state index contributed by atoms with van der Waals surface area (Å²) in [6.07, 6.45) is 0.153. The minimum Gasteiger partial charge on any atom is -0.389 e. The molecule has 1 aromatic heterocycles. The second kappa shape index (κ2) is 6.36. The first-order valence-electron chi connectivity index (χ1n) is 5.62. The molecule has 0 radical (unpaired) electrons. The van der Waals surface area contributed by atoms with Crippen molar-refractivity contribution in [2.45, 2.75) is 26.4 Å². The molecule has 0 bridgehead atoms. The van der Waals surface area contributed by atoms with Crippen LogP contribution < -0.4 is 11.1 Å². The number of nitrogens with one attached hydrogen (secondary N) is 1. The molecular formula is C11H20N4O2. The predicted octanol–water partition coefficient (Wildman–Crippen LogP) is 0.349. The minimum atomic E-state index is -0.569. The maximum absolute atomic E-state index is 9.54. The number of ether oxygens (including phenoxy) is 1. The number of aliphatic hydroxyl groups excluding tert-OH is 1. The van der Waals surface area contributed by atoms with E-state index in [1.54, 1.807) is 7.11 Å². The molecule has 1 rings (SSSR count). The number of nitrogens with zero attached hydrogens (tertiary/aromatic N) is 2. The molecule has 0 aliphatic carbocycles. The van der Waals surface area contributed by atoms with E-state index in [-0.39, 0.29) is 6.61 Å². The van der Waals surface area contributed by atoms with Gasteiger partial charge in [0.15, 0.2) is 0 Å². The van der Waals surface area contributed by atoms with Crippen LogP contribution in [0.3, 0.4) is 0 Å². The van der Waals surface area contributed by atoms with E-state index in [4.69, 9.17) is 10.5 Å². The standard InChI is InChI=1S/C11H20N4O2/c1-4-9-14-10(12)7(2)11(15-9)13-5-8(16)6-17-3/h8,16H,4-6H2,1-3H3,(H3,12,13,14,15). The Bertz CT molecular complexity index is 371. The van der Waals surface area contributed by atoms with Crippen molar-refractivity contribution in [2.24, 2.45) is 0 Å². The summed E-state index contributed by atoms with van der Waals surface area (Å²) in [5, 5.41) is 12.6. The highest BCUT2D eigenvalue weighted by Gasteiger charge is 2.09. The number of rotatable bonds is 6. The van der Waals surface area contributed by atoms with Crippen molar-refractivity contribution in [3.63, 3.8) is 0 Å². The Kier molecular flexibility index (Phi) is 5.11. The molecule has 17 heavy (non-hydrogen) atoms. The van der Waals surface area contributed by atoms with Gasteiger partial charge >= 0.3 is 0 Å². The summed E-state index contributed by atoms with van der Waals surface area (Å²) in [6, 6.07) is 0. The topological polar surface area (TPSA) is 93.3 Å². The number of aliphatic hydroxyl groups is 1. The molecule has 0 spiro atoms. The number of nitrogens with two attached hydrogens (primary N) is 1. The SMILES string of the molecule is CCc1nc(N)c(C)c(NCC(O)COC)n1. The molecule has 1 unspecified atom stereocenters. The highest BCUT2D eigenvalue weighted by molar-refractivity contribution is 5.54. The number of nitrogen functional groups attached to an aromatic ring is 1. The normalized spacial score (nSPS) is 12.5. The Morgan fingerprint density at radius 3 is 2.76 bits per heavy atom. The summed E-state index contributed by atoms with van der Waals surface area (Å²) in [5.41, 5.74) is 6.58. The molecule has 1 aromatic rings. The zero-order chi connectivity index (χ0) is 12.8. The molecule has 96 valence electrons. The largest absolute Gasteiger partial charge is 0.389 e. The summed E-state index contributed by atoms with van der Waals surface area (Å²) < 4.78 is 4.84. The lowest BCUT2D eigenvalue weighted by atomic mass is 10.3. The van der Waals surface area contributed by atoms with Crippen molar-refractivity contribution >= 4 is 11.6 Å². The molecule has 0 fully saturated rings. The Hall–Kier alpha value is -1.40. The van der Waals surface area contributed by atoms with Crippen LogP contribution in [0.15, 0.2) is 0 Å². The molecule has 6 heteroatoms. The van der Waals surface area contributed by atoms with Gasteiger partial charge in [0, 0.05) is 25.6 Å². The lowest BCUT2D eigenvalue weighted by molar-refractivity contribution is 0.0727. The van der Waals surface area contributed by atoms with E-state index < -0.39 is 6.10 Å². The quantitative estimate of drug-likeness (QED) is 0.664. The van der Waals surface area contributed by atoms with Crippen LogP contribution in [-0.4, -0.2) is 41.4 Å². The van der Waals surface area contributed by atoms with Crippen LogP contribution in [0.2, 0.25) is 0 Å². The first kappa shape index (κ1) is 13.7. The van der Waals surface area contributed by atoms with Crippen LogP contribution in [0.1, 0.15) is 18.3 Å². The summed E-state index contributed by atoms with van der Waals surface area (Å²) in [5.74, 6) is 1.84. The molecule has 0 aromatic carbocycles. The molecule has 0 saturated carbocycles. The van der Waals surface area contributed by atoms with Crippen LogP contribution in [0.4, 0.5) is 11.6 Å². The molecule has 0 aliphatic rings. The average molecular weight is 240 g/mol. The second-order valence-corrected chi connectivity index (χ2v) is 3.84. The Balaban J connectivity index is 2.72. The third kappa shape index (κ3) is 3.83. The van der Waals surface area contributed by atoms with Crippen molar-refractivity contribution in [1.29, 1.82) is 0 Å². The maximum atomic E-state index is 9.54. The van der Waals surface area contributed by atoms with Gasteiger partial charge in [-0.15, -0.1) is 0 Å². The van der Waals surface area contributed by atoms with E-state index in [9.17, 15) is 5.11 Å². The van der Waals surface area contributed by atoms with Crippen molar-refractivity contribution in [2.75, 3.05) is 31.3 Å². The third-order valence-electron chi connectivity index (χ3n) is 2.41. The van der Waals surface area contributed by atoms with E-state index in [0.717, 1.165) is 12.0 Å². The van der Waals surface area contributed by atoms with Gasteiger partial charge in [0.2, 0.25) is 0 Å².